The van der Waals surface area contributed by atoms with Gasteiger partial charge in [0.2, 0.25) is 0 Å². The Morgan fingerprint density at radius 3 is 2.38 bits per heavy atom. The predicted octanol–water partition coefficient (Wildman–Crippen LogP) is 7.23. The Hall–Kier alpha value is -2.53. The van der Waals surface area contributed by atoms with Gasteiger partial charge in [-0.3, -0.25) is 0 Å². The number of anilines is 1. The lowest BCUT2D eigenvalue weighted by atomic mass is 9.94. The number of carbonyl (C=O) groups is 1. The molecule has 1 aliphatic rings. The van der Waals surface area contributed by atoms with Gasteiger partial charge in [0.15, 0.2) is 0 Å². The molecule has 1 N–H and O–H groups in total. The highest BCUT2D eigenvalue weighted by Crippen LogP contribution is 2.26. The molecule has 0 saturated heterocycles. The maximum Gasteiger partial charge on any atom is 0.322 e. The van der Waals surface area contributed by atoms with Crippen LogP contribution >= 0.6 is 15.9 Å². The van der Waals surface area contributed by atoms with Gasteiger partial charge in [-0.1, -0.05) is 66.4 Å². The molecule has 0 bridgehead atoms. The SMILES string of the molecule is CCc1ccc(NC(=O)N(Cc2cccn2Cc2ccc(Br)cc2)C2CCCCC2)cc1. The Morgan fingerprint density at radius 2 is 1.69 bits per heavy atom. The monoisotopic (exact) mass is 493 g/mol. The van der Waals surface area contributed by atoms with Crippen molar-refractivity contribution >= 4 is 27.6 Å². The number of rotatable bonds is 7. The lowest BCUT2D eigenvalue weighted by molar-refractivity contribution is 0.161. The zero-order valence-corrected chi connectivity index (χ0v) is 20.4. The third-order valence-corrected chi connectivity index (χ3v) is 6.94. The molecule has 4 rings (SSSR count). The maximum atomic E-state index is 13.4. The van der Waals surface area contributed by atoms with Crippen molar-refractivity contribution in [3.05, 3.63) is 88.2 Å². The number of nitrogens with one attached hydrogen (secondary N) is 1. The van der Waals surface area contributed by atoms with Gasteiger partial charge < -0.3 is 14.8 Å². The predicted molar refractivity (Wildman–Crippen MR) is 135 cm³/mol. The van der Waals surface area contributed by atoms with Crippen molar-refractivity contribution < 1.29 is 4.79 Å². The summed E-state index contributed by atoms with van der Waals surface area (Å²) in [5.74, 6) is 0. The van der Waals surface area contributed by atoms with Crippen LogP contribution in [0.1, 0.15) is 55.8 Å². The number of nitrogens with zero attached hydrogens (tertiary/aromatic N) is 2. The summed E-state index contributed by atoms with van der Waals surface area (Å²) < 4.78 is 3.34. The Morgan fingerprint density at radius 1 is 1.00 bits per heavy atom. The molecule has 1 heterocycles. The van der Waals surface area contributed by atoms with Crippen LogP contribution in [-0.4, -0.2) is 21.5 Å². The van der Waals surface area contributed by atoms with Gasteiger partial charge in [0, 0.05) is 34.6 Å². The summed E-state index contributed by atoms with van der Waals surface area (Å²) in [6.45, 7) is 3.56. The summed E-state index contributed by atoms with van der Waals surface area (Å²) in [7, 11) is 0. The van der Waals surface area contributed by atoms with E-state index in [1.807, 2.05) is 12.1 Å². The second kappa shape index (κ2) is 10.9. The van der Waals surface area contributed by atoms with E-state index in [2.05, 4.69) is 92.4 Å². The zero-order valence-electron chi connectivity index (χ0n) is 18.8. The Balaban J connectivity index is 1.51. The van der Waals surface area contributed by atoms with Gasteiger partial charge in [0.25, 0.3) is 0 Å². The van der Waals surface area contributed by atoms with Crippen molar-refractivity contribution in [2.24, 2.45) is 0 Å². The molecule has 2 amide bonds. The molecule has 1 aliphatic carbocycles. The van der Waals surface area contributed by atoms with Crippen molar-refractivity contribution in [3.63, 3.8) is 0 Å². The van der Waals surface area contributed by atoms with Crippen molar-refractivity contribution in [1.29, 1.82) is 0 Å². The van der Waals surface area contributed by atoms with Crippen LogP contribution in [0.15, 0.2) is 71.3 Å². The molecule has 168 valence electrons. The Bertz CT molecular complexity index is 1000. The van der Waals surface area contributed by atoms with Crippen LogP contribution in [0.4, 0.5) is 10.5 Å². The molecule has 32 heavy (non-hydrogen) atoms. The number of amides is 2. The molecule has 3 aromatic rings. The number of carbonyl (C=O) groups excluding carboxylic acids is 1. The molecule has 4 nitrogen and oxygen atoms in total. The van der Waals surface area contributed by atoms with Crippen LogP contribution in [0.5, 0.6) is 0 Å². The third-order valence-electron chi connectivity index (χ3n) is 6.41. The summed E-state index contributed by atoms with van der Waals surface area (Å²) in [6.07, 6.45) is 8.92. The topological polar surface area (TPSA) is 37.3 Å². The molecule has 1 saturated carbocycles. The maximum absolute atomic E-state index is 13.4. The summed E-state index contributed by atoms with van der Waals surface area (Å²) in [4.78, 5) is 15.5. The fraction of sp³-hybridized carbons (Fsp3) is 0.370. The smallest absolute Gasteiger partial charge is 0.322 e. The number of aryl methyl sites for hydroxylation is 1. The average Bonchev–Trinajstić information content (AvgIpc) is 3.26. The molecule has 0 spiro atoms. The largest absolute Gasteiger partial charge is 0.345 e. The molecule has 0 aliphatic heterocycles. The van der Waals surface area contributed by atoms with Crippen LogP contribution in [0.25, 0.3) is 0 Å². The second-order valence-electron chi connectivity index (χ2n) is 8.65. The second-order valence-corrected chi connectivity index (χ2v) is 9.57. The average molecular weight is 494 g/mol. The molecule has 0 radical (unpaired) electrons. The highest BCUT2D eigenvalue weighted by molar-refractivity contribution is 9.10. The van der Waals surface area contributed by atoms with Gasteiger partial charge in [-0.2, -0.15) is 0 Å². The molecule has 1 aromatic heterocycles. The number of aromatic nitrogens is 1. The van der Waals surface area contributed by atoms with E-state index in [0.29, 0.717) is 6.54 Å². The molecule has 5 heteroatoms. The summed E-state index contributed by atoms with van der Waals surface area (Å²) in [5, 5.41) is 3.15. The molecular formula is C27H32BrN3O. The van der Waals surface area contributed by atoms with Crippen molar-refractivity contribution in [2.45, 2.75) is 64.6 Å². The van der Waals surface area contributed by atoms with Crippen molar-refractivity contribution in [1.82, 2.24) is 9.47 Å². The van der Waals surface area contributed by atoms with Crippen LogP contribution in [0.2, 0.25) is 0 Å². The van der Waals surface area contributed by atoms with E-state index in [0.717, 1.165) is 41.7 Å². The van der Waals surface area contributed by atoms with Gasteiger partial charge in [-0.25, -0.2) is 4.79 Å². The van der Waals surface area contributed by atoms with Crippen LogP contribution in [0, 0.1) is 0 Å². The molecular weight excluding hydrogens is 462 g/mol. The summed E-state index contributed by atoms with van der Waals surface area (Å²) in [5.41, 5.74) is 4.54. The van der Waals surface area contributed by atoms with Crippen LogP contribution < -0.4 is 5.32 Å². The Labute approximate surface area is 199 Å². The molecule has 1 fully saturated rings. The summed E-state index contributed by atoms with van der Waals surface area (Å²) >= 11 is 3.51. The number of urea groups is 1. The van der Waals surface area contributed by atoms with Gasteiger partial charge in [0.1, 0.15) is 0 Å². The minimum Gasteiger partial charge on any atom is -0.345 e. The highest BCUT2D eigenvalue weighted by Gasteiger charge is 2.26. The first-order valence-corrected chi connectivity index (χ1v) is 12.5. The first kappa shape index (κ1) is 22.7. The lowest BCUT2D eigenvalue weighted by Gasteiger charge is -2.34. The van der Waals surface area contributed by atoms with Gasteiger partial charge in [-0.05, 0) is 66.8 Å². The van der Waals surface area contributed by atoms with Crippen molar-refractivity contribution in [3.8, 4) is 0 Å². The summed E-state index contributed by atoms with van der Waals surface area (Å²) in [6, 6.07) is 21.1. The van der Waals surface area contributed by atoms with Gasteiger partial charge in [0.05, 0.1) is 6.54 Å². The normalized spacial score (nSPS) is 14.3. The van der Waals surface area contributed by atoms with Gasteiger partial charge >= 0.3 is 6.03 Å². The third kappa shape index (κ3) is 5.83. The van der Waals surface area contributed by atoms with Crippen LogP contribution in [-0.2, 0) is 19.5 Å². The van der Waals surface area contributed by atoms with E-state index in [9.17, 15) is 4.79 Å². The van der Waals surface area contributed by atoms with E-state index < -0.39 is 0 Å². The van der Waals surface area contributed by atoms with Gasteiger partial charge in [-0.15, -0.1) is 0 Å². The standard InChI is InChI=1S/C27H32BrN3O/c1-2-21-12-16-24(17-13-21)29-27(32)31(25-7-4-3-5-8-25)20-26-9-6-18-30(26)19-22-10-14-23(28)15-11-22/h6,9-18,25H,2-5,7-8,19-20H2,1H3,(H,29,32). The number of halogens is 1. The first-order chi connectivity index (χ1) is 15.6. The zero-order chi connectivity index (χ0) is 22.3. The Kier molecular flexibility index (Phi) is 7.69. The molecule has 0 unspecified atom stereocenters. The number of benzene rings is 2. The lowest BCUT2D eigenvalue weighted by Crippen LogP contribution is -2.43. The van der Waals surface area contributed by atoms with E-state index in [1.54, 1.807) is 0 Å². The fourth-order valence-electron chi connectivity index (χ4n) is 4.49. The van der Waals surface area contributed by atoms with Crippen LogP contribution in [0.3, 0.4) is 0 Å². The number of hydrogen-bond donors (Lipinski definition) is 1. The quantitative estimate of drug-likeness (QED) is 0.370. The van der Waals surface area contributed by atoms with Crippen molar-refractivity contribution in [2.75, 3.05) is 5.32 Å². The van der Waals surface area contributed by atoms with E-state index in [1.165, 1.54) is 30.4 Å². The van der Waals surface area contributed by atoms with E-state index >= 15 is 0 Å². The molecule has 2 aromatic carbocycles. The highest BCUT2D eigenvalue weighted by atomic mass is 79.9. The van der Waals surface area contributed by atoms with E-state index in [4.69, 9.17) is 0 Å². The molecule has 0 atom stereocenters. The fourth-order valence-corrected chi connectivity index (χ4v) is 4.75. The minimum absolute atomic E-state index is 0.00228. The first-order valence-electron chi connectivity index (χ1n) is 11.7. The number of hydrogen-bond acceptors (Lipinski definition) is 1. The van der Waals surface area contributed by atoms with E-state index in [-0.39, 0.29) is 12.1 Å². The minimum atomic E-state index is -0.00228.